The second-order valence-electron chi connectivity index (χ2n) is 4.59. The first kappa shape index (κ1) is 14.2. The van der Waals surface area contributed by atoms with Crippen LogP contribution in [0, 0.1) is 5.92 Å². The third-order valence-electron chi connectivity index (χ3n) is 3.23. The lowest BCUT2D eigenvalue weighted by Crippen LogP contribution is -2.35. The Balaban J connectivity index is 2.28. The average Bonchev–Trinajstić information content (AvgIpc) is 2.73. The van der Waals surface area contributed by atoms with E-state index in [1.807, 2.05) is 0 Å². The number of hydrogen-bond acceptors (Lipinski definition) is 3. The topological polar surface area (TPSA) is 57.6 Å². The predicted molar refractivity (Wildman–Crippen MR) is 75.5 cm³/mol. The summed E-state index contributed by atoms with van der Waals surface area (Å²) >= 11 is 9.97. The van der Waals surface area contributed by atoms with Crippen LogP contribution in [0.1, 0.15) is 18.0 Å². The number of likely N-dealkylation sites (tertiary alicyclic amines) is 1. The predicted octanol–water partition coefficient (Wildman–Crippen LogP) is 2.24. The molecule has 2 unspecified atom stereocenters. The van der Waals surface area contributed by atoms with Gasteiger partial charge in [-0.2, -0.15) is 12.6 Å². The van der Waals surface area contributed by atoms with Crippen molar-refractivity contribution in [3.63, 3.8) is 0 Å². The highest BCUT2D eigenvalue weighted by Crippen LogP contribution is 2.30. The van der Waals surface area contributed by atoms with Gasteiger partial charge in [-0.3, -0.25) is 4.79 Å². The highest BCUT2D eigenvalue weighted by atomic mass is 35.5. The molecule has 1 fully saturated rings. The number of carbonyl (C=O) groups excluding carboxylic acids is 1. The largest absolute Gasteiger partial charge is 0.479 e. The van der Waals surface area contributed by atoms with Crippen LogP contribution in [0.3, 0.4) is 0 Å². The highest BCUT2D eigenvalue weighted by Gasteiger charge is 2.37. The Morgan fingerprint density at radius 2 is 2.11 bits per heavy atom. The monoisotopic (exact) mass is 299 g/mol. The van der Waals surface area contributed by atoms with Gasteiger partial charge in [0.05, 0.1) is 0 Å². The smallest absolute Gasteiger partial charge is 0.331 e. The van der Waals surface area contributed by atoms with Gasteiger partial charge in [-0.1, -0.05) is 23.7 Å². The van der Waals surface area contributed by atoms with Crippen molar-refractivity contribution in [1.82, 2.24) is 4.90 Å². The molecular formula is C13H14ClNO3S. The van der Waals surface area contributed by atoms with E-state index in [-0.39, 0.29) is 11.8 Å². The molecule has 1 aromatic rings. The molecule has 6 heteroatoms. The third kappa shape index (κ3) is 3.04. The Morgan fingerprint density at radius 1 is 1.47 bits per heavy atom. The summed E-state index contributed by atoms with van der Waals surface area (Å²) in [5, 5.41) is 9.92. The van der Waals surface area contributed by atoms with Crippen molar-refractivity contribution >= 4 is 36.1 Å². The number of carboxylic acid groups (broad SMARTS) is 1. The molecule has 0 bridgehead atoms. The fraction of sp³-hybridized carbons (Fsp3) is 0.385. The number of thiol groups is 1. The quantitative estimate of drug-likeness (QED) is 0.838. The zero-order chi connectivity index (χ0) is 14.0. The first-order chi connectivity index (χ1) is 9.02. The number of carbonyl (C=O) groups is 2. The van der Waals surface area contributed by atoms with Crippen LogP contribution in [0.15, 0.2) is 24.3 Å². The van der Waals surface area contributed by atoms with Gasteiger partial charge in [0, 0.05) is 18.0 Å². The molecular weight excluding hydrogens is 286 g/mol. The van der Waals surface area contributed by atoms with Gasteiger partial charge in [-0.05, 0) is 29.4 Å². The van der Waals surface area contributed by atoms with Crippen molar-refractivity contribution in [2.75, 3.05) is 12.3 Å². The molecule has 1 aromatic carbocycles. The first-order valence-electron chi connectivity index (χ1n) is 5.91. The minimum absolute atomic E-state index is 0.116. The number of aliphatic carboxylic acids is 1. The molecule has 0 aromatic heterocycles. The maximum absolute atomic E-state index is 11.9. The van der Waals surface area contributed by atoms with E-state index >= 15 is 0 Å². The number of carboxylic acids is 1. The van der Waals surface area contributed by atoms with E-state index in [4.69, 9.17) is 11.6 Å². The van der Waals surface area contributed by atoms with Crippen LogP contribution in [-0.2, 0) is 9.59 Å². The van der Waals surface area contributed by atoms with Crippen LogP contribution in [0.5, 0.6) is 0 Å². The van der Waals surface area contributed by atoms with Crippen LogP contribution in [-0.4, -0.2) is 34.2 Å². The molecule has 2 atom stereocenters. The normalized spacial score (nSPS) is 20.6. The molecule has 1 aliphatic rings. The van der Waals surface area contributed by atoms with E-state index in [0.29, 0.717) is 29.3 Å². The number of benzene rings is 1. The summed E-state index contributed by atoms with van der Waals surface area (Å²) in [6, 6.07) is 5.59. The molecule has 1 heterocycles. The van der Waals surface area contributed by atoms with Crippen LogP contribution in [0.25, 0.3) is 0 Å². The summed E-state index contributed by atoms with van der Waals surface area (Å²) < 4.78 is 0. The van der Waals surface area contributed by atoms with Crippen LogP contribution in [0.4, 0.5) is 0 Å². The van der Waals surface area contributed by atoms with E-state index in [0.717, 1.165) is 0 Å². The summed E-state index contributed by atoms with van der Waals surface area (Å²) in [5.41, 5.74) is 0.560. The minimum Gasteiger partial charge on any atom is -0.479 e. The zero-order valence-electron chi connectivity index (χ0n) is 10.1. The maximum atomic E-state index is 11.9. The van der Waals surface area contributed by atoms with Crippen molar-refractivity contribution in [3.05, 3.63) is 34.9 Å². The summed E-state index contributed by atoms with van der Waals surface area (Å²) in [6.45, 7) is 0.432. The number of hydrogen-bond donors (Lipinski definition) is 2. The summed E-state index contributed by atoms with van der Waals surface area (Å²) in [4.78, 5) is 24.8. The minimum atomic E-state index is -1.03. The van der Waals surface area contributed by atoms with Crippen molar-refractivity contribution in [3.8, 4) is 0 Å². The average molecular weight is 300 g/mol. The summed E-state index contributed by atoms with van der Waals surface area (Å²) in [7, 11) is 0. The number of halogens is 1. The standard InChI is InChI=1S/C13H14ClNO3S/c14-10-3-1-9(2-4-10)12(13(17)18)15-6-8(7-19)5-11(15)16/h1-4,8,12,19H,5-7H2,(H,17,18). The second-order valence-corrected chi connectivity index (χ2v) is 5.39. The van der Waals surface area contributed by atoms with Crippen LogP contribution < -0.4 is 0 Å². The molecule has 1 amide bonds. The summed E-state index contributed by atoms with van der Waals surface area (Å²) in [5.74, 6) is -0.475. The van der Waals surface area contributed by atoms with E-state index in [1.54, 1.807) is 24.3 Å². The Morgan fingerprint density at radius 3 is 2.58 bits per heavy atom. The van der Waals surface area contributed by atoms with Gasteiger partial charge in [0.15, 0.2) is 6.04 Å². The molecule has 1 aliphatic heterocycles. The maximum Gasteiger partial charge on any atom is 0.331 e. The molecule has 19 heavy (non-hydrogen) atoms. The molecule has 1 saturated heterocycles. The fourth-order valence-corrected chi connectivity index (χ4v) is 2.65. The van der Waals surface area contributed by atoms with Crippen LogP contribution in [0.2, 0.25) is 5.02 Å². The molecule has 0 saturated carbocycles. The Kier molecular flexibility index (Phi) is 4.37. The lowest BCUT2D eigenvalue weighted by Gasteiger charge is -2.25. The van der Waals surface area contributed by atoms with Gasteiger partial charge in [-0.15, -0.1) is 0 Å². The lowest BCUT2D eigenvalue weighted by molar-refractivity contribution is -0.148. The molecule has 2 rings (SSSR count). The van der Waals surface area contributed by atoms with Gasteiger partial charge in [0.2, 0.25) is 5.91 Å². The van der Waals surface area contributed by atoms with E-state index < -0.39 is 12.0 Å². The van der Waals surface area contributed by atoms with Gasteiger partial charge >= 0.3 is 5.97 Å². The Labute approximate surface area is 121 Å². The number of nitrogens with zero attached hydrogens (tertiary/aromatic N) is 1. The fourth-order valence-electron chi connectivity index (χ4n) is 2.28. The third-order valence-corrected chi connectivity index (χ3v) is 4.00. The van der Waals surface area contributed by atoms with Gasteiger partial charge < -0.3 is 10.0 Å². The first-order valence-corrected chi connectivity index (χ1v) is 6.92. The van der Waals surface area contributed by atoms with Crippen LogP contribution >= 0.6 is 24.2 Å². The van der Waals surface area contributed by atoms with Crippen molar-refractivity contribution in [1.29, 1.82) is 0 Å². The van der Waals surface area contributed by atoms with Gasteiger partial charge in [0.25, 0.3) is 0 Å². The molecule has 4 nitrogen and oxygen atoms in total. The molecule has 0 radical (unpaired) electrons. The Bertz CT molecular complexity index is 491. The Hall–Kier alpha value is -1.20. The SMILES string of the molecule is O=C(O)C(c1ccc(Cl)cc1)N1CC(CS)CC1=O. The summed E-state index contributed by atoms with van der Waals surface area (Å²) in [6.07, 6.45) is 0.362. The van der Waals surface area contributed by atoms with Crippen molar-refractivity contribution in [2.24, 2.45) is 5.92 Å². The number of rotatable bonds is 4. The van der Waals surface area contributed by atoms with Gasteiger partial charge in [-0.25, -0.2) is 4.79 Å². The lowest BCUT2D eigenvalue weighted by atomic mass is 10.1. The van der Waals surface area contributed by atoms with Gasteiger partial charge in [0.1, 0.15) is 0 Å². The van der Waals surface area contributed by atoms with E-state index in [9.17, 15) is 14.7 Å². The van der Waals surface area contributed by atoms with E-state index in [1.165, 1.54) is 4.90 Å². The molecule has 0 aliphatic carbocycles. The molecule has 0 spiro atoms. The second kappa shape index (κ2) is 5.84. The number of amides is 1. The zero-order valence-corrected chi connectivity index (χ0v) is 11.8. The molecule has 102 valence electrons. The van der Waals surface area contributed by atoms with Crippen molar-refractivity contribution in [2.45, 2.75) is 12.5 Å². The van der Waals surface area contributed by atoms with E-state index in [2.05, 4.69) is 12.6 Å². The molecule has 1 N–H and O–H groups in total. The highest BCUT2D eigenvalue weighted by molar-refractivity contribution is 7.80. The van der Waals surface area contributed by atoms with Crippen molar-refractivity contribution < 1.29 is 14.7 Å².